The summed E-state index contributed by atoms with van der Waals surface area (Å²) in [5.41, 5.74) is -0.580. The predicted octanol–water partition coefficient (Wildman–Crippen LogP) is 2.39. The summed E-state index contributed by atoms with van der Waals surface area (Å²) in [5, 5.41) is 9.84. The van der Waals surface area contributed by atoms with Crippen molar-refractivity contribution >= 4 is 15.8 Å². The monoisotopic (exact) mass is 342 g/mol. The number of sulfone groups is 1. The maximum Gasteiger partial charge on any atom is 0.314 e. The number of aliphatic carboxylic acids is 1. The molecule has 0 saturated heterocycles. The van der Waals surface area contributed by atoms with Gasteiger partial charge in [-0.3, -0.25) is 4.79 Å². The summed E-state index contributed by atoms with van der Waals surface area (Å²) in [6.45, 7) is 0. The van der Waals surface area contributed by atoms with Crippen molar-refractivity contribution in [3.05, 3.63) is 17.7 Å². The zero-order valence-electron chi connectivity index (χ0n) is 13.6. The fourth-order valence-corrected chi connectivity index (χ4v) is 4.19. The quantitative estimate of drug-likeness (QED) is 0.884. The summed E-state index contributed by atoms with van der Waals surface area (Å²) in [7, 11) is -0.772. The molecule has 0 atom stereocenters. The third-order valence-electron chi connectivity index (χ3n) is 4.52. The Morgan fingerprint density at radius 2 is 1.65 bits per heavy atom. The molecule has 0 heterocycles. The largest absolute Gasteiger partial charge is 0.492 e. The molecule has 23 heavy (non-hydrogen) atoms. The van der Waals surface area contributed by atoms with Gasteiger partial charge >= 0.3 is 5.97 Å². The van der Waals surface area contributed by atoms with Crippen LogP contribution in [0.5, 0.6) is 11.5 Å². The van der Waals surface area contributed by atoms with Gasteiger partial charge in [-0.15, -0.1) is 0 Å². The summed E-state index contributed by atoms with van der Waals surface area (Å²) in [4.78, 5) is 12.0. The first-order valence-electron chi connectivity index (χ1n) is 7.47. The molecule has 1 aliphatic rings. The average Bonchev–Trinajstić information content (AvgIpc) is 2.52. The van der Waals surface area contributed by atoms with E-state index in [0.717, 1.165) is 25.5 Å². The van der Waals surface area contributed by atoms with Gasteiger partial charge in [0, 0.05) is 11.8 Å². The van der Waals surface area contributed by atoms with Gasteiger partial charge < -0.3 is 14.6 Å². The number of rotatable bonds is 5. The highest BCUT2D eigenvalue weighted by Gasteiger charge is 2.44. The Hall–Kier alpha value is -1.76. The lowest BCUT2D eigenvalue weighted by Crippen LogP contribution is -2.38. The number of carboxylic acid groups (broad SMARTS) is 1. The third-order valence-corrected chi connectivity index (χ3v) is 5.64. The van der Waals surface area contributed by atoms with Crippen LogP contribution in [0.2, 0.25) is 0 Å². The third kappa shape index (κ3) is 3.02. The highest BCUT2D eigenvalue weighted by molar-refractivity contribution is 7.90. The van der Waals surface area contributed by atoms with Crippen molar-refractivity contribution in [2.75, 3.05) is 20.5 Å². The van der Waals surface area contributed by atoms with Crippen LogP contribution in [-0.2, 0) is 20.0 Å². The number of hydrogen-bond donors (Lipinski definition) is 1. The van der Waals surface area contributed by atoms with Gasteiger partial charge in [-0.05, 0) is 18.9 Å². The predicted molar refractivity (Wildman–Crippen MR) is 85.1 cm³/mol. The molecule has 2 rings (SSSR count). The molecule has 0 aliphatic heterocycles. The molecule has 1 aromatic carbocycles. The van der Waals surface area contributed by atoms with Crippen LogP contribution in [-0.4, -0.2) is 40.0 Å². The second-order valence-corrected chi connectivity index (χ2v) is 7.88. The Morgan fingerprint density at radius 1 is 1.09 bits per heavy atom. The van der Waals surface area contributed by atoms with E-state index in [1.165, 1.54) is 20.3 Å². The van der Waals surface area contributed by atoms with E-state index < -0.39 is 21.2 Å². The smallest absolute Gasteiger partial charge is 0.314 e. The van der Waals surface area contributed by atoms with E-state index >= 15 is 0 Å². The lowest BCUT2D eigenvalue weighted by Gasteiger charge is -2.35. The Balaban J connectivity index is 2.74. The summed E-state index contributed by atoms with van der Waals surface area (Å²) < 4.78 is 34.5. The molecular weight excluding hydrogens is 320 g/mol. The van der Waals surface area contributed by atoms with Crippen molar-refractivity contribution < 1.29 is 27.8 Å². The zero-order valence-corrected chi connectivity index (χ0v) is 14.4. The van der Waals surface area contributed by atoms with Crippen molar-refractivity contribution in [3.8, 4) is 11.5 Å². The SMILES string of the molecule is COc1c(C2(C(=O)O)CCCCC2)ccc(S(C)(=O)=O)c1OC. The molecule has 6 nitrogen and oxygen atoms in total. The van der Waals surface area contributed by atoms with Crippen LogP contribution in [0.1, 0.15) is 37.7 Å². The second kappa shape index (κ2) is 6.39. The van der Waals surface area contributed by atoms with Crippen molar-refractivity contribution in [1.82, 2.24) is 0 Å². The number of benzene rings is 1. The van der Waals surface area contributed by atoms with E-state index in [-0.39, 0.29) is 16.4 Å². The minimum atomic E-state index is -3.52. The fraction of sp³-hybridized carbons (Fsp3) is 0.562. The highest BCUT2D eigenvalue weighted by atomic mass is 32.2. The summed E-state index contributed by atoms with van der Waals surface area (Å²) in [6.07, 6.45) is 4.70. The standard InChI is InChI=1S/C16H22O6S/c1-21-13-11(16(15(17)18)9-5-4-6-10-16)7-8-12(14(13)22-2)23(3,19)20/h7-8H,4-6,9-10H2,1-3H3,(H,17,18). The number of hydrogen-bond acceptors (Lipinski definition) is 5. The van der Waals surface area contributed by atoms with Crippen molar-refractivity contribution in [1.29, 1.82) is 0 Å². The lowest BCUT2D eigenvalue weighted by molar-refractivity contribution is -0.145. The van der Waals surface area contributed by atoms with Crippen LogP contribution in [0.4, 0.5) is 0 Å². The summed E-state index contributed by atoms with van der Waals surface area (Å²) in [5.74, 6) is -0.650. The van der Waals surface area contributed by atoms with E-state index in [9.17, 15) is 18.3 Å². The highest BCUT2D eigenvalue weighted by Crippen LogP contribution is 2.48. The molecule has 1 saturated carbocycles. The Kier molecular flexibility index (Phi) is 4.89. The van der Waals surface area contributed by atoms with Crippen molar-refractivity contribution in [2.45, 2.75) is 42.4 Å². The van der Waals surface area contributed by atoms with Gasteiger partial charge in [-0.2, -0.15) is 0 Å². The van der Waals surface area contributed by atoms with E-state index in [0.29, 0.717) is 18.4 Å². The molecule has 128 valence electrons. The van der Waals surface area contributed by atoms with Crippen molar-refractivity contribution in [2.24, 2.45) is 0 Å². The first-order valence-corrected chi connectivity index (χ1v) is 9.36. The van der Waals surface area contributed by atoms with Gasteiger partial charge in [-0.25, -0.2) is 8.42 Å². The molecule has 0 unspecified atom stereocenters. The van der Waals surface area contributed by atoms with E-state index in [2.05, 4.69) is 0 Å². The van der Waals surface area contributed by atoms with Gasteiger partial charge in [0.2, 0.25) is 0 Å². The van der Waals surface area contributed by atoms with E-state index in [4.69, 9.17) is 9.47 Å². The molecule has 0 aromatic heterocycles. The number of methoxy groups -OCH3 is 2. The van der Waals surface area contributed by atoms with E-state index in [1.54, 1.807) is 6.07 Å². The number of carbonyl (C=O) groups is 1. The molecule has 0 spiro atoms. The number of ether oxygens (including phenoxy) is 2. The molecule has 1 aromatic rings. The van der Waals surface area contributed by atoms with Gasteiger partial charge in [0.15, 0.2) is 21.3 Å². The molecule has 0 radical (unpaired) electrons. The van der Waals surface area contributed by atoms with Crippen LogP contribution in [0, 0.1) is 0 Å². The Labute approximate surface area is 136 Å². The molecule has 1 N–H and O–H groups in total. The van der Waals surface area contributed by atoms with Crippen LogP contribution >= 0.6 is 0 Å². The molecule has 1 aliphatic carbocycles. The van der Waals surface area contributed by atoms with Gasteiger partial charge in [-0.1, -0.05) is 25.3 Å². The molecule has 1 fully saturated rings. The number of carboxylic acids is 1. The molecule has 0 bridgehead atoms. The summed E-state index contributed by atoms with van der Waals surface area (Å²) >= 11 is 0. The minimum absolute atomic E-state index is 0.00283. The normalized spacial score (nSPS) is 17.5. The van der Waals surface area contributed by atoms with E-state index in [1.807, 2.05) is 0 Å². The molecule has 7 heteroatoms. The first-order chi connectivity index (χ1) is 10.8. The molecule has 0 amide bonds. The average molecular weight is 342 g/mol. The maximum atomic E-state index is 12.0. The first kappa shape index (κ1) is 17.6. The lowest BCUT2D eigenvalue weighted by atomic mass is 9.69. The maximum absolute atomic E-state index is 12.0. The molecular formula is C16H22O6S. The topological polar surface area (TPSA) is 89.9 Å². The second-order valence-electron chi connectivity index (χ2n) is 5.90. The summed E-state index contributed by atoms with van der Waals surface area (Å²) in [6, 6.07) is 2.96. The Morgan fingerprint density at radius 3 is 2.09 bits per heavy atom. The minimum Gasteiger partial charge on any atom is -0.492 e. The van der Waals surface area contributed by atoms with Crippen LogP contribution in [0.25, 0.3) is 0 Å². The van der Waals surface area contributed by atoms with Gasteiger partial charge in [0.25, 0.3) is 0 Å². The zero-order chi connectivity index (χ0) is 17.3. The van der Waals surface area contributed by atoms with Crippen molar-refractivity contribution in [3.63, 3.8) is 0 Å². The van der Waals surface area contributed by atoms with Crippen LogP contribution in [0.3, 0.4) is 0 Å². The van der Waals surface area contributed by atoms with Crippen LogP contribution in [0.15, 0.2) is 17.0 Å². The van der Waals surface area contributed by atoms with Gasteiger partial charge in [0.1, 0.15) is 4.90 Å². The van der Waals surface area contributed by atoms with Crippen LogP contribution < -0.4 is 9.47 Å². The van der Waals surface area contributed by atoms with Gasteiger partial charge in [0.05, 0.1) is 19.6 Å². The fourth-order valence-electron chi connectivity index (χ4n) is 3.36. The Bertz CT molecular complexity index is 702.